The molecule has 0 aliphatic rings. The summed E-state index contributed by atoms with van der Waals surface area (Å²) in [6.45, 7) is 2.77. The second kappa shape index (κ2) is 10.2. The van der Waals surface area contributed by atoms with E-state index in [0.29, 0.717) is 30.5 Å². The Labute approximate surface area is 171 Å². The minimum absolute atomic E-state index is 0. The molecular formula is C17H23IN4O3S. The highest BCUT2D eigenvalue weighted by atomic mass is 127. The Morgan fingerprint density at radius 1 is 1.08 bits per heavy atom. The number of halogens is 1. The summed E-state index contributed by atoms with van der Waals surface area (Å²) in [7, 11) is -3.28. The quantitative estimate of drug-likeness (QED) is 0.240. The van der Waals surface area contributed by atoms with Gasteiger partial charge in [-0.15, -0.1) is 24.0 Å². The molecule has 0 unspecified atom stereocenters. The third-order valence-corrected chi connectivity index (χ3v) is 3.73. The number of benzene rings is 2. The molecule has 2 rings (SSSR count). The first-order valence-electron chi connectivity index (χ1n) is 7.66. The van der Waals surface area contributed by atoms with Gasteiger partial charge in [-0.1, -0.05) is 17.7 Å². The Balaban J connectivity index is 0.00000338. The molecule has 0 bridgehead atoms. The minimum atomic E-state index is -3.28. The fraction of sp³-hybridized carbons (Fsp3) is 0.235. The van der Waals surface area contributed by atoms with Gasteiger partial charge in [-0.25, -0.2) is 13.4 Å². The Hall–Kier alpha value is -2.01. The van der Waals surface area contributed by atoms with Gasteiger partial charge in [0.1, 0.15) is 12.4 Å². The Morgan fingerprint density at radius 2 is 1.65 bits per heavy atom. The molecule has 0 heterocycles. The predicted molar refractivity (Wildman–Crippen MR) is 117 cm³/mol. The molecule has 9 heteroatoms. The SMILES string of the molecule is Cc1ccc(NC(N)=NCCOc2ccc(NS(C)(=O)=O)cc2)cc1.I. The van der Waals surface area contributed by atoms with Gasteiger partial charge in [0, 0.05) is 11.4 Å². The monoisotopic (exact) mass is 490 g/mol. The lowest BCUT2D eigenvalue weighted by atomic mass is 10.2. The van der Waals surface area contributed by atoms with E-state index in [2.05, 4.69) is 15.0 Å². The van der Waals surface area contributed by atoms with Crippen molar-refractivity contribution in [1.82, 2.24) is 0 Å². The van der Waals surface area contributed by atoms with Crippen LogP contribution in [0.25, 0.3) is 0 Å². The molecule has 0 atom stereocenters. The predicted octanol–water partition coefficient (Wildman–Crippen LogP) is 2.79. The number of aryl methyl sites for hydroxylation is 1. The lowest BCUT2D eigenvalue weighted by Gasteiger charge is -2.08. The molecule has 7 nitrogen and oxygen atoms in total. The summed E-state index contributed by atoms with van der Waals surface area (Å²) in [5.41, 5.74) is 8.36. The third-order valence-electron chi connectivity index (χ3n) is 3.12. The lowest BCUT2D eigenvalue weighted by Crippen LogP contribution is -2.23. The second-order valence-corrected chi connectivity index (χ2v) is 7.25. The standard InChI is InChI=1S/C17H22N4O3S.HI/c1-13-3-5-14(6-4-13)20-17(18)19-11-12-24-16-9-7-15(8-10-16)21-25(2,22)23;/h3-10,21H,11-12H2,1-2H3,(H3,18,19,20);1H. The molecule has 0 aliphatic carbocycles. The number of rotatable bonds is 7. The fourth-order valence-corrected chi connectivity index (χ4v) is 2.55. The van der Waals surface area contributed by atoms with Gasteiger partial charge in [-0.3, -0.25) is 4.72 Å². The van der Waals surface area contributed by atoms with E-state index < -0.39 is 10.0 Å². The largest absolute Gasteiger partial charge is 0.492 e. The van der Waals surface area contributed by atoms with Gasteiger partial charge < -0.3 is 15.8 Å². The van der Waals surface area contributed by atoms with Crippen LogP contribution in [0.4, 0.5) is 11.4 Å². The van der Waals surface area contributed by atoms with Crippen LogP contribution in [0.5, 0.6) is 5.75 Å². The molecule has 2 aromatic rings. The molecular weight excluding hydrogens is 467 g/mol. The van der Waals surface area contributed by atoms with Crippen molar-refractivity contribution in [3.63, 3.8) is 0 Å². The molecule has 0 aromatic heterocycles. The van der Waals surface area contributed by atoms with Crippen LogP contribution in [0, 0.1) is 6.92 Å². The maximum atomic E-state index is 11.1. The first-order valence-corrected chi connectivity index (χ1v) is 9.55. The van der Waals surface area contributed by atoms with E-state index in [1.807, 2.05) is 31.2 Å². The molecule has 0 saturated carbocycles. The molecule has 4 N–H and O–H groups in total. The van der Waals surface area contributed by atoms with Gasteiger partial charge in [0.2, 0.25) is 10.0 Å². The van der Waals surface area contributed by atoms with E-state index in [-0.39, 0.29) is 24.0 Å². The molecule has 0 aliphatic heterocycles. The molecule has 0 saturated heterocycles. The summed E-state index contributed by atoms with van der Waals surface area (Å²) in [4.78, 5) is 4.19. The Kier molecular flexibility index (Phi) is 8.66. The summed E-state index contributed by atoms with van der Waals surface area (Å²) >= 11 is 0. The average molecular weight is 490 g/mol. The minimum Gasteiger partial charge on any atom is -0.492 e. The van der Waals surface area contributed by atoms with E-state index in [4.69, 9.17) is 10.5 Å². The van der Waals surface area contributed by atoms with Crippen molar-refractivity contribution in [3.05, 3.63) is 54.1 Å². The normalized spacial score (nSPS) is 11.4. The number of nitrogens with one attached hydrogen (secondary N) is 2. The van der Waals surface area contributed by atoms with Gasteiger partial charge in [0.25, 0.3) is 0 Å². The smallest absolute Gasteiger partial charge is 0.229 e. The van der Waals surface area contributed by atoms with Gasteiger partial charge in [-0.05, 0) is 43.3 Å². The first-order chi connectivity index (χ1) is 11.8. The summed E-state index contributed by atoms with van der Waals surface area (Å²) in [5, 5.41) is 3.00. The van der Waals surface area contributed by atoms with Crippen molar-refractivity contribution >= 4 is 51.3 Å². The van der Waals surface area contributed by atoms with Crippen LogP contribution < -0.4 is 20.5 Å². The zero-order valence-corrected chi connectivity index (χ0v) is 17.7. The number of sulfonamides is 1. The summed E-state index contributed by atoms with van der Waals surface area (Å²) < 4.78 is 30.2. The fourth-order valence-electron chi connectivity index (χ4n) is 1.99. The number of nitrogens with two attached hydrogens (primary N) is 1. The van der Waals surface area contributed by atoms with Gasteiger partial charge >= 0.3 is 0 Å². The van der Waals surface area contributed by atoms with Gasteiger partial charge in [0.15, 0.2) is 5.96 Å². The van der Waals surface area contributed by atoms with Gasteiger partial charge in [0.05, 0.1) is 12.8 Å². The molecule has 142 valence electrons. The maximum absolute atomic E-state index is 11.1. The zero-order chi connectivity index (χ0) is 18.3. The third kappa shape index (κ3) is 8.39. The van der Waals surface area contributed by atoms with Crippen molar-refractivity contribution in [1.29, 1.82) is 0 Å². The Bertz CT molecular complexity index is 822. The highest BCUT2D eigenvalue weighted by molar-refractivity contribution is 14.0. The Morgan fingerprint density at radius 3 is 2.23 bits per heavy atom. The maximum Gasteiger partial charge on any atom is 0.229 e. The number of anilines is 2. The van der Waals surface area contributed by atoms with Gasteiger partial charge in [-0.2, -0.15) is 0 Å². The van der Waals surface area contributed by atoms with Crippen molar-refractivity contribution in [2.24, 2.45) is 10.7 Å². The number of guanidine groups is 1. The van der Waals surface area contributed by atoms with Crippen LogP contribution >= 0.6 is 24.0 Å². The van der Waals surface area contributed by atoms with E-state index in [1.165, 1.54) is 5.56 Å². The molecule has 0 fully saturated rings. The topological polar surface area (TPSA) is 106 Å². The first kappa shape index (κ1) is 22.0. The number of hydrogen-bond donors (Lipinski definition) is 3. The second-order valence-electron chi connectivity index (χ2n) is 5.51. The molecule has 0 radical (unpaired) electrons. The van der Waals surface area contributed by atoms with E-state index in [9.17, 15) is 8.42 Å². The van der Waals surface area contributed by atoms with Crippen molar-refractivity contribution in [2.75, 3.05) is 29.4 Å². The number of nitrogens with zero attached hydrogens (tertiary/aromatic N) is 1. The van der Waals surface area contributed by atoms with E-state index in [0.717, 1.165) is 11.9 Å². The van der Waals surface area contributed by atoms with Crippen LogP contribution in [-0.4, -0.2) is 33.8 Å². The van der Waals surface area contributed by atoms with Crippen LogP contribution in [0.2, 0.25) is 0 Å². The van der Waals surface area contributed by atoms with E-state index in [1.54, 1.807) is 24.3 Å². The highest BCUT2D eigenvalue weighted by Gasteiger charge is 2.02. The van der Waals surface area contributed by atoms with Crippen molar-refractivity contribution in [2.45, 2.75) is 6.92 Å². The average Bonchev–Trinajstić information content (AvgIpc) is 2.54. The van der Waals surface area contributed by atoms with Crippen LogP contribution in [0.3, 0.4) is 0 Å². The van der Waals surface area contributed by atoms with Crippen molar-refractivity contribution in [3.8, 4) is 5.75 Å². The summed E-state index contributed by atoms with van der Waals surface area (Å²) in [5.74, 6) is 0.944. The lowest BCUT2D eigenvalue weighted by molar-refractivity contribution is 0.329. The molecule has 26 heavy (non-hydrogen) atoms. The summed E-state index contributed by atoms with van der Waals surface area (Å²) in [6.07, 6.45) is 1.10. The highest BCUT2D eigenvalue weighted by Crippen LogP contribution is 2.16. The van der Waals surface area contributed by atoms with Crippen molar-refractivity contribution < 1.29 is 13.2 Å². The molecule has 0 amide bonds. The van der Waals surface area contributed by atoms with Crippen LogP contribution in [0.1, 0.15) is 5.56 Å². The molecule has 2 aromatic carbocycles. The van der Waals surface area contributed by atoms with Crippen LogP contribution in [-0.2, 0) is 10.0 Å². The number of hydrogen-bond acceptors (Lipinski definition) is 4. The number of ether oxygens (including phenoxy) is 1. The zero-order valence-electron chi connectivity index (χ0n) is 14.6. The summed E-state index contributed by atoms with van der Waals surface area (Å²) in [6, 6.07) is 14.5. The van der Waals surface area contributed by atoms with Crippen LogP contribution in [0.15, 0.2) is 53.5 Å². The van der Waals surface area contributed by atoms with E-state index >= 15 is 0 Å². The number of aliphatic imine (C=N–C) groups is 1. The molecule has 0 spiro atoms.